The van der Waals surface area contributed by atoms with E-state index in [1.807, 2.05) is 0 Å². The van der Waals surface area contributed by atoms with Crippen molar-refractivity contribution in [1.29, 1.82) is 0 Å². The minimum absolute atomic E-state index is 0.0851. The van der Waals surface area contributed by atoms with Gasteiger partial charge in [-0.3, -0.25) is 0 Å². The van der Waals surface area contributed by atoms with Crippen LogP contribution >= 0.6 is 0 Å². The van der Waals surface area contributed by atoms with Gasteiger partial charge in [-0.15, -0.1) is 0 Å². The summed E-state index contributed by atoms with van der Waals surface area (Å²) in [6.07, 6.45) is 6.86. The van der Waals surface area contributed by atoms with Crippen LogP contribution in [0.2, 0.25) is 0 Å². The van der Waals surface area contributed by atoms with E-state index in [-0.39, 0.29) is 6.10 Å². The quantitative estimate of drug-likeness (QED) is 0.709. The van der Waals surface area contributed by atoms with Crippen molar-refractivity contribution in [2.75, 3.05) is 26.9 Å². The smallest absolute Gasteiger partial charge is 0.0930 e. The van der Waals surface area contributed by atoms with Crippen molar-refractivity contribution in [1.82, 2.24) is 0 Å². The summed E-state index contributed by atoms with van der Waals surface area (Å²) < 4.78 is 10.8. The monoisotopic (exact) mass is 201 g/mol. The molecule has 1 aliphatic rings. The Morgan fingerprint density at radius 1 is 1.29 bits per heavy atom. The van der Waals surface area contributed by atoms with E-state index in [1.54, 1.807) is 7.11 Å². The van der Waals surface area contributed by atoms with E-state index >= 15 is 0 Å². The first-order valence-electron chi connectivity index (χ1n) is 5.67. The van der Waals surface area contributed by atoms with Crippen LogP contribution in [-0.2, 0) is 9.47 Å². The molecule has 1 fully saturated rings. The first-order valence-corrected chi connectivity index (χ1v) is 5.67. The molecule has 1 atom stereocenters. The summed E-state index contributed by atoms with van der Waals surface area (Å²) in [6.45, 7) is 2.04. The Morgan fingerprint density at radius 2 is 2.00 bits per heavy atom. The maximum atomic E-state index is 5.72. The summed E-state index contributed by atoms with van der Waals surface area (Å²) in [6, 6.07) is 0. The van der Waals surface area contributed by atoms with Crippen molar-refractivity contribution in [2.24, 2.45) is 11.7 Å². The van der Waals surface area contributed by atoms with Gasteiger partial charge in [0, 0.05) is 20.3 Å². The molecule has 0 aromatic rings. The van der Waals surface area contributed by atoms with Gasteiger partial charge >= 0.3 is 0 Å². The number of ether oxygens (including phenoxy) is 2. The van der Waals surface area contributed by atoms with E-state index in [2.05, 4.69) is 0 Å². The van der Waals surface area contributed by atoms with Crippen LogP contribution in [0, 0.1) is 5.92 Å². The molecule has 0 radical (unpaired) electrons. The fraction of sp³-hybridized carbons (Fsp3) is 1.00. The predicted molar refractivity (Wildman–Crippen MR) is 57.2 cm³/mol. The van der Waals surface area contributed by atoms with Gasteiger partial charge in [0.2, 0.25) is 0 Å². The van der Waals surface area contributed by atoms with Gasteiger partial charge in [0.15, 0.2) is 0 Å². The lowest BCUT2D eigenvalue weighted by Crippen LogP contribution is -2.30. The molecule has 2 N–H and O–H groups in total. The number of nitrogens with two attached hydrogens (primary N) is 1. The number of hydrogen-bond donors (Lipinski definition) is 1. The van der Waals surface area contributed by atoms with E-state index in [0.29, 0.717) is 13.2 Å². The molecule has 14 heavy (non-hydrogen) atoms. The maximum absolute atomic E-state index is 5.72. The minimum Gasteiger partial charge on any atom is -0.382 e. The van der Waals surface area contributed by atoms with Crippen LogP contribution in [0.15, 0.2) is 0 Å². The summed E-state index contributed by atoms with van der Waals surface area (Å²) in [5, 5.41) is 0. The second-order valence-corrected chi connectivity index (χ2v) is 4.15. The van der Waals surface area contributed by atoms with Gasteiger partial charge in [0.1, 0.15) is 0 Å². The summed E-state index contributed by atoms with van der Waals surface area (Å²) in [7, 11) is 1.69. The van der Waals surface area contributed by atoms with Crippen LogP contribution in [0.25, 0.3) is 0 Å². The molecule has 3 heteroatoms. The second-order valence-electron chi connectivity index (χ2n) is 4.15. The third-order valence-electron chi connectivity index (χ3n) is 2.91. The van der Waals surface area contributed by atoms with Crippen molar-refractivity contribution in [3.05, 3.63) is 0 Å². The molecule has 84 valence electrons. The van der Waals surface area contributed by atoms with Crippen LogP contribution in [0.3, 0.4) is 0 Å². The Balaban J connectivity index is 2.10. The lowest BCUT2D eigenvalue weighted by atomic mass is 9.90. The Bertz CT molecular complexity index is 130. The van der Waals surface area contributed by atoms with Gasteiger partial charge in [-0.05, 0) is 18.8 Å². The largest absolute Gasteiger partial charge is 0.382 e. The van der Waals surface area contributed by atoms with Crippen molar-refractivity contribution >= 4 is 0 Å². The first-order chi connectivity index (χ1) is 6.86. The molecule has 1 saturated carbocycles. The third-order valence-corrected chi connectivity index (χ3v) is 2.91. The first kappa shape index (κ1) is 12.0. The van der Waals surface area contributed by atoms with Crippen LogP contribution in [0.5, 0.6) is 0 Å². The van der Waals surface area contributed by atoms with E-state index in [1.165, 1.54) is 32.1 Å². The summed E-state index contributed by atoms with van der Waals surface area (Å²) in [5.41, 5.74) is 5.57. The third kappa shape index (κ3) is 4.40. The molecule has 0 aromatic carbocycles. The Morgan fingerprint density at radius 3 is 2.57 bits per heavy atom. The SMILES string of the molecule is COCC(CN)OCC1CCCCC1. The molecular weight excluding hydrogens is 178 g/mol. The highest BCUT2D eigenvalue weighted by atomic mass is 16.5. The van der Waals surface area contributed by atoms with Gasteiger partial charge in [-0.2, -0.15) is 0 Å². The van der Waals surface area contributed by atoms with Crippen LogP contribution in [-0.4, -0.2) is 33.0 Å². The predicted octanol–water partition coefficient (Wildman–Crippen LogP) is 1.56. The number of methoxy groups -OCH3 is 1. The minimum atomic E-state index is 0.0851. The highest BCUT2D eigenvalue weighted by Gasteiger charge is 2.15. The highest BCUT2D eigenvalue weighted by molar-refractivity contribution is 4.66. The molecule has 0 spiro atoms. The fourth-order valence-corrected chi connectivity index (χ4v) is 2.00. The maximum Gasteiger partial charge on any atom is 0.0930 e. The van der Waals surface area contributed by atoms with Crippen LogP contribution in [0.4, 0.5) is 0 Å². The Kier molecular flexibility index (Phi) is 6.15. The van der Waals surface area contributed by atoms with Crippen molar-refractivity contribution < 1.29 is 9.47 Å². The number of hydrogen-bond acceptors (Lipinski definition) is 3. The molecule has 3 nitrogen and oxygen atoms in total. The molecule has 1 aliphatic carbocycles. The molecule has 0 aromatic heterocycles. The van der Waals surface area contributed by atoms with Crippen molar-refractivity contribution in [3.8, 4) is 0 Å². The zero-order chi connectivity index (χ0) is 10.2. The normalized spacial score (nSPS) is 21.0. The van der Waals surface area contributed by atoms with Crippen LogP contribution < -0.4 is 5.73 Å². The molecule has 0 heterocycles. The molecule has 0 saturated heterocycles. The zero-order valence-corrected chi connectivity index (χ0v) is 9.21. The van der Waals surface area contributed by atoms with Crippen LogP contribution in [0.1, 0.15) is 32.1 Å². The average molecular weight is 201 g/mol. The van der Waals surface area contributed by atoms with Crippen molar-refractivity contribution in [2.45, 2.75) is 38.2 Å². The van der Waals surface area contributed by atoms with E-state index in [0.717, 1.165) is 12.5 Å². The van der Waals surface area contributed by atoms with E-state index < -0.39 is 0 Å². The summed E-state index contributed by atoms with van der Waals surface area (Å²) in [5.74, 6) is 0.759. The van der Waals surface area contributed by atoms with E-state index in [4.69, 9.17) is 15.2 Å². The van der Waals surface area contributed by atoms with Gasteiger partial charge < -0.3 is 15.2 Å². The summed E-state index contributed by atoms with van der Waals surface area (Å²) >= 11 is 0. The molecule has 0 aliphatic heterocycles. The van der Waals surface area contributed by atoms with Gasteiger partial charge in [0.05, 0.1) is 12.7 Å². The Labute approximate surface area is 86.9 Å². The fourth-order valence-electron chi connectivity index (χ4n) is 2.00. The standard InChI is InChI=1S/C11H23NO2/c1-13-9-11(7-12)14-8-10-5-3-2-4-6-10/h10-11H,2-9,12H2,1H3. The second kappa shape index (κ2) is 7.21. The summed E-state index contributed by atoms with van der Waals surface area (Å²) in [4.78, 5) is 0. The zero-order valence-electron chi connectivity index (χ0n) is 9.21. The molecule has 1 rings (SSSR count). The topological polar surface area (TPSA) is 44.5 Å². The molecule has 1 unspecified atom stereocenters. The highest BCUT2D eigenvalue weighted by Crippen LogP contribution is 2.23. The lowest BCUT2D eigenvalue weighted by Gasteiger charge is -2.24. The number of rotatable bonds is 6. The van der Waals surface area contributed by atoms with E-state index in [9.17, 15) is 0 Å². The van der Waals surface area contributed by atoms with Gasteiger partial charge in [0.25, 0.3) is 0 Å². The molecule has 0 bridgehead atoms. The van der Waals surface area contributed by atoms with Gasteiger partial charge in [-0.25, -0.2) is 0 Å². The average Bonchev–Trinajstić information content (AvgIpc) is 2.25. The molecule has 0 amide bonds. The Hall–Kier alpha value is -0.120. The van der Waals surface area contributed by atoms with Crippen molar-refractivity contribution in [3.63, 3.8) is 0 Å². The molecular formula is C11H23NO2. The lowest BCUT2D eigenvalue weighted by molar-refractivity contribution is -0.0167. The van der Waals surface area contributed by atoms with Gasteiger partial charge in [-0.1, -0.05) is 19.3 Å².